The van der Waals surface area contributed by atoms with Gasteiger partial charge in [0.25, 0.3) is 0 Å². The molecule has 0 heterocycles. The quantitative estimate of drug-likeness (QED) is 0.561. The molecule has 4 aliphatic carbocycles. The van der Waals surface area contributed by atoms with Crippen LogP contribution in [-0.4, -0.2) is 17.6 Å². The van der Waals surface area contributed by atoms with Gasteiger partial charge < -0.3 is 10.6 Å². The maximum atomic E-state index is 12.5. The van der Waals surface area contributed by atoms with Crippen LogP contribution in [0.25, 0.3) is 0 Å². The van der Waals surface area contributed by atoms with Crippen LogP contribution in [0.15, 0.2) is 53.4 Å². The van der Waals surface area contributed by atoms with Crippen LogP contribution >= 0.6 is 11.8 Å². The van der Waals surface area contributed by atoms with Crippen molar-refractivity contribution in [2.75, 3.05) is 16.4 Å². The van der Waals surface area contributed by atoms with Crippen LogP contribution in [0.1, 0.15) is 51.0 Å². The first kappa shape index (κ1) is 20.6. The van der Waals surface area contributed by atoms with Crippen LogP contribution < -0.4 is 10.6 Å². The van der Waals surface area contributed by atoms with Crippen LogP contribution in [0.4, 0.5) is 11.4 Å². The number of hydrogen-bond donors (Lipinski definition) is 2. The highest BCUT2D eigenvalue weighted by Gasteiger charge is 2.51. The second-order valence-electron chi connectivity index (χ2n) is 9.79. The van der Waals surface area contributed by atoms with E-state index in [1.165, 1.54) is 62.8 Å². The summed E-state index contributed by atoms with van der Waals surface area (Å²) in [5.41, 5.74) is 3.46. The molecule has 4 nitrogen and oxygen atoms in total. The Labute approximate surface area is 188 Å². The van der Waals surface area contributed by atoms with Crippen LogP contribution in [0.2, 0.25) is 0 Å². The van der Waals surface area contributed by atoms with Gasteiger partial charge in [-0.15, -0.1) is 11.8 Å². The van der Waals surface area contributed by atoms with E-state index in [4.69, 9.17) is 0 Å². The van der Waals surface area contributed by atoms with Crippen LogP contribution in [0, 0.1) is 17.8 Å². The van der Waals surface area contributed by atoms with E-state index in [2.05, 4.69) is 34.9 Å². The lowest BCUT2D eigenvalue weighted by Gasteiger charge is -2.57. The first-order valence-electron chi connectivity index (χ1n) is 11.4. The summed E-state index contributed by atoms with van der Waals surface area (Å²) in [4.78, 5) is 24.8. The number of para-hydroxylation sites is 1. The summed E-state index contributed by atoms with van der Waals surface area (Å²) < 4.78 is 0. The predicted octanol–water partition coefficient (Wildman–Crippen LogP) is 5.84. The average molecular weight is 435 g/mol. The highest BCUT2D eigenvalue weighted by Crippen LogP contribution is 2.60. The molecule has 162 valence electrons. The highest BCUT2D eigenvalue weighted by molar-refractivity contribution is 8.00. The number of rotatable bonds is 6. The van der Waals surface area contributed by atoms with Crippen molar-refractivity contribution in [1.29, 1.82) is 0 Å². The summed E-state index contributed by atoms with van der Waals surface area (Å²) in [6.07, 6.45) is 8.43. The molecule has 0 spiro atoms. The van der Waals surface area contributed by atoms with Gasteiger partial charge in [-0.3, -0.25) is 9.59 Å². The Morgan fingerprint density at radius 1 is 0.903 bits per heavy atom. The van der Waals surface area contributed by atoms with Crippen molar-refractivity contribution in [3.05, 3.63) is 54.1 Å². The van der Waals surface area contributed by atoms with E-state index in [0.29, 0.717) is 11.2 Å². The smallest absolute Gasteiger partial charge is 0.234 e. The Balaban J connectivity index is 1.20. The van der Waals surface area contributed by atoms with Crippen LogP contribution in [0.3, 0.4) is 0 Å². The molecule has 2 amide bonds. The summed E-state index contributed by atoms with van der Waals surface area (Å²) in [5, 5.41) is 5.84. The minimum absolute atomic E-state index is 0.0369. The Bertz CT molecular complexity index is 950. The monoisotopic (exact) mass is 434 g/mol. The fourth-order valence-corrected chi connectivity index (χ4v) is 7.41. The van der Waals surface area contributed by atoms with E-state index >= 15 is 0 Å². The lowest BCUT2D eigenvalue weighted by Crippen LogP contribution is -2.48. The van der Waals surface area contributed by atoms with Gasteiger partial charge in [-0.25, -0.2) is 0 Å². The molecule has 0 aromatic heterocycles. The number of anilines is 2. The zero-order chi connectivity index (χ0) is 21.4. The molecule has 4 saturated carbocycles. The van der Waals surface area contributed by atoms with Crippen molar-refractivity contribution in [2.45, 2.75) is 55.8 Å². The normalized spacial score (nSPS) is 28.4. The van der Waals surface area contributed by atoms with Gasteiger partial charge in [-0.2, -0.15) is 0 Å². The Kier molecular flexibility index (Phi) is 5.55. The number of amides is 2. The lowest BCUT2D eigenvalue weighted by atomic mass is 9.48. The van der Waals surface area contributed by atoms with Crippen molar-refractivity contribution in [3.63, 3.8) is 0 Å². The molecule has 2 aromatic carbocycles. The van der Waals surface area contributed by atoms with E-state index in [9.17, 15) is 9.59 Å². The molecule has 0 unspecified atom stereocenters. The second kappa shape index (κ2) is 8.34. The largest absolute Gasteiger partial charge is 0.325 e. The minimum Gasteiger partial charge on any atom is -0.325 e. The number of nitrogens with one attached hydrogen (secondary N) is 2. The molecule has 0 saturated heterocycles. The van der Waals surface area contributed by atoms with Crippen LogP contribution in [0.5, 0.6) is 0 Å². The van der Waals surface area contributed by atoms with Crippen LogP contribution in [-0.2, 0) is 15.0 Å². The fourth-order valence-electron chi connectivity index (χ4n) is 6.60. The Hall–Kier alpha value is -2.27. The summed E-state index contributed by atoms with van der Waals surface area (Å²) in [6.45, 7) is 1.49. The van der Waals surface area contributed by atoms with Gasteiger partial charge in [0.2, 0.25) is 11.8 Å². The van der Waals surface area contributed by atoms with E-state index in [1.807, 2.05) is 24.3 Å². The van der Waals surface area contributed by atoms with Gasteiger partial charge in [-0.1, -0.05) is 24.3 Å². The number of benzene rings is 2. The number of carbonyl (C=O) groups is 2. The van der Waals surface area contributed by atoms with E-state index in [-0.39, 0.29) is 11.8 Å². The molecule has 6 rings (SSSR count). The summed E-state index contributed by atoms with van der Waals surface area (Å²) in [6, 6.07) is 16.2. The minimum atomic E-state index is -0.114. The Morgan fingerprint density at radius 2 is 1.52 bits per heavy atom. The van der Waals surface area contributed by atoms with Crippen molar-refractivity contribution < 1.29 is 9.59 Å². The molecule has 2 N–H and O–H groups in total. The molecule has 2 aromatic rings. The summed E-state index contributed by atoms with van der Waals surface area (Å²) >= 11 is 1.43. The topological polar surface area (TPSA) is 58.2 Å². The molecular formula is C26H30N2O2S. The fraction of sp³-hybridized carbons (Fsp3) is 0.462. The molecule has 0 atom stereocenters. The average Bonchev–Trinajstić information content (AvgIpc) is 2.72. The number of hydrogen-bond acceptors (Lipinski definition) is 3. The molecule has 4 aliphatic rings. The van der Waals surface area contributed by atoms with Gasteiger partial charge in [0.05, 0.1) is 11.4 Å². The molecule has 0 radical (unpaired) electrons. The molecular weight excluding hydrogens is 404 g/mol. The summed E-state index contributed by atoms with van der Waals surface area (Å²) in [7, 11) is 0. The maximum absolute atomic E-state index is 12.5. The van der Waals surface area contributed by atoms with Gasteiger partial charge >= 0.3 is 0 Å². The number of carbonyl (C=O) groups excluding carboxylic acids is 2. The molecule has 31 heavy (non-hydrogen) atoms. The zero-order valence-corrected chi connectivity index (χ0v) is 18.8. The van der Waals surface area contributed by atoms with E-state index in [0.717, 1.165) is 34.0 Å². The molecule has 0 aliphatic heterocycles. The van der Waals surface area contributed by atoms with E-state index in [1.54, 1.807) is 0 Å². The second-order valence-corrected chi connectivity index (χ2v) is 10.8. The maximum Gasteiger partial charge on any atom is 0.234 e. The number of thioether (sulfide) groups is 1. The van der Waals surface area contributed by atoms with Gasteiger partial charge in [-0.05, 0) is 91.5 Å². The summed E-state index contributed by atoms with van der Waals surface area (Å²) in [5.74, 6) is 2.95. The van der Waals surface area contributed by atoms with Crippen molar-refractivity contribution in [1.82, 2.24) is 0 Å². The van der Waals surface area contributed by atoms with Gasteiger partial charge in [0.15, 0.2) is 0 Å². The lowest BCUT2D eigenvalue weighted by molar-refractivity contribution is -0.114. The van der Waals surface area contributed by atoms with Crippen molar-refractivity contribution >= 4 is 35.0 Å². The van der Waals surface area contributed by atoms with Gasteiger partial charge in [0, 0.05) is 17.5 Å². The van der Waals surface area contributed by atoms with Gasteiger partial charge in [0.1, 0.15) is 0 Å². The highest BCUT2D eigenvalue weighted by atomic mass is 32.2. The third kappa shape index (κ3) is 4.38. The standard InChI is InChI=1S/C26H30N2O2S/c1-17(29)27-23-4-2-3-5-24(23)31-16-25(30)28-22-8-6-21(7-9-22)26-13-18-10-19(14-26)12-20(11-18)15-26/h2-9,18-20H,10-16H2,1H3,(H,27,29)(H,28,30). The third-order valence-corrected chi connectivity index (χ3v) is 8.45. The third-order valence-electron chi connectivity index (χ3n) is 7.38. The first-order valence-corrected chi connectivity index (χ1v) is 12.4. The predicted molar refractivity (Wildman–Crippen MR) is 126 cm³/mol. The van der Waals surface area contributed by atoms with Crippen molar-refractivity contribution in [3.8, 4) is 0 Å². The molecule has 4 bridgehead atoms. The zero-order valence-electron chi connectivity index (χ0n) is 18.0. The molecule has 4 fully saturated rings. The van der Waals surface area contributed by atoms with E-state index < -0.39 is 0 Å². The first-order chi connectivity index (χ1) is 15.0. The SMILES string of the molecule is CC(=O)Nc1ccccc1SCC(=O)Nc1ccc(C23CC4CC(CC(C4)C2)C3)cc1. The van der Waals surface area contributed by atoms with Crippen molar-refractivity contribution in [2.24, 2.45) is 17.8 Å². The molecule has 5 heteroatoms. The Morgan fingerprint density at radius 3 is 2.13 bits per heavy atom.